The van der Waals surface area contributed by atoms with Gasteiger partial charge in [0.05, 0.1) is 34.6 Å². The molecule has 7 nitrogen and oxygen atoms in total. The Kier molecular flexibility index (Phi) is 6.50. The maximum atomic E-state index is 13.6. The van der Waals surface area contributed by atoms with E-state index in [0.717, 1.165) is 17.5 Å². The number of hydrogen-bond acceptors (Lipinski definition) is 7. The minimum absolute atomic E-state index is 0.0876. The number of sulfone groups is 1. The van der Waals surface area contributed by atoms with Gasteiger partial charge in [-0.05, 0) is 57.0 Å². The van der Waals surface area contributed by atoms with E-state index in [1.807, 2.05) is 18.2 Å². The normalized spacial score (nSPS) is 16.6. The van der Waals surface area contributed by atoms with Crippen LogP contribution in [0.5, 0.6) is 5.75 Å². The maximum absolute atomic E-state index is 13.6. The number of anilines is 1. The molecule has 4 rings (SSSR count). The molecule has 0 N–H and O–H groups in total. The number of aromatic nitrogens is 1. The van der Waals surface area contributed by atoms with Gasteiger partial charge in [-0.2, -0.15) is 0 Å². The van der Waals surface area contributed by atoms with Crippen molar-refractivity contribution in [1.29, 1.82) is 0 Å². The number of benzene rings is 2. The average Bonchev–Trinajstić information content (AvgIpc) is 3.46. The van der Waals surface area contributed by atoms with Gasteiger partial charge in [0.25, 0.3) is 5.91 Å². The fourth-order valence-corrected chi connectivity index (χ4v) is 5.76. The highest BCUT2D eigenvalue weighted by atomic mass is 32.2. The summed E-state index contributed by atoms with van der Waals surface area (Å²) in [6.45, 7) is 4.27. The molecule has 1 amide bonds. The number of nitrogens with zero attached hydrogens (tertiary/aromatic N) is 2. The molecule has 0 saturated carbocycles. The monoisotopic (exact) mass is 474 g/mol. The summed E-state index contributed by atoms with van der Waals surface area (Å²) in [4.78, 5) is 20.1. The first-order valence-corrected chi connectivity index (χ1v) is 12.9. The van der Waals surface area contributed by atoms with E-state index in [0.29, 0.717) is 35.1 Å². The predicted molar refractivity (Wildman–Crippen MR) is 126 cm³/mol. The lowest BCUT2D eigenvalue weighted by Gasteiger charge is -2.23. The summed E-state index contributed by atoms with van der Waals surface area (Å²) < 4.78 is 37.4. The Morgan fingerprint density at radius 1 is 1.28 bits per heavy atom. The molecule has 1 aliphatic rings. The van der Waals surface area contributed by atoms with Crippen LogP contribution in [0.15, 0.2) is 47.4 Å². The van der Waals surface area contributed by atoms with E-state index in [9.17, 15) is 13.2 Å². The number of thiazole rings is 1. The van der Waals surface area contributed by atoms with Crippen molar-refractivity contribution in [3.8, 4) is 5.75 Å². The van der Waals surface area contributed by atoms with E-state index in [-0.39, 0.29) is 16.9 Å². The fourth-order valence-electron chi connectivity index (χ4n) is 3.67. The molecule has 3 aromatic rings. The average molecular weight is 475 g/mol. The third kappa shape index (κ3) is 4.37. The lowest BCUT2D eigenvalue weighted by molar-refractivity contribution is 0.0917. The number of rotatable bonds is 7. The molecule has 32 heavy (non-hydrogen) atoms. The summed E-state index contributed by atoms with van der Waals surface area (Å²) in [5, 5.41) is -0.0466. The first-order chi connectivity index (χ1) is 15.3. The van der Waals surface area contributed by atoms with Gasteiger partial charge in [0.2, 0.25) is 0 Å². The number of methoxy groups -OCH3 is 1. The van der Waals surface area contributed by atoms with E-state index in [2.05, 4.69) is 0 Å². The molecular weight excluding hydrogens is 448 g/mol. The van der Waals surface area contributed by atoms with E-state index in [1.54, 1.807) is 38.0 Å². The maximum Gasteiger partial charge on any atom is 0.260 e. The first kappa shape index (κ1) is 22.7. The van der Waals surface area contributed by atoms with Crippen molar-refractivity contribution in [2.75, 3.05) is 25.2 Å². The molecule has 9 heteroatoms. The molecule has 1 unspecified atom stereocenters. The number of carbonyl (C=O) groups is 1. The largest absolute Gasteiger partial charge is 0.494 e. The van der Waals surface area contributed by atoms with E-state index < -0.39 is 15.1 Å². The fraction of sp³-hybridized carbons (Fsp3) is 0.391. The number of ether oxygens (including phenoxy) is 2. The summed E-state index contributed by atoms with van der Waals surface area (Å²) in [5.41, 5.74) is 0.993. The van der Waals surface area contributed by atoms with Crippen LogP contribution in [0.3, 0.4) is 0 Å². The minimum Gasteiger partial charge on any atom is -0.494 e. The topological polar surface area (TPSA) is 85.8 Å². The van der Waals surface area contributed by atoms with Crippen LogP contribution in [-0.2, 0) is 14.6 Å². The van der Waals surface area contributed by atoms with Crippen LogP contribution >= 0.6 is 11.3 Å². The molecule has 0 aliphatic carbocycles. The number of amides is 1. The van der Waals surface area contributed by atoms with Crippen LogP contribution in [0, 0.1) is 0 Å². The Morgan fingerprint density at radius 2 is 2.06 bits per heavy atom. The second kappa shape index (κ2) is 9.17. The summed E-state index contributed by atoms with van der Waals surface area (Å²) in [6, 6.07) is 11.9. The van der Waals surface area contributed by atoms with Crippen molar-refractivity contribution in [1.82, 2.24) is 4.98 Å². The van der Waals surface area contributed by atoms with Crippen LogP contribution in [-0.4, -0.2) is 50.9 Å². The molecular formula is C23H26N2O5S2. The minimum atomic E-state index is -3.50. The van der Waals surface area contributed by atoms with Crippen molar-refractivity contribution in [3.63, 3.8) is 0 Å². The molecule has 1 atom stereocenters. The molecule has 0 bridgehead atoms. The van der Waals surface area contributed by atoms with Crippen molar-refractivity contribution in [2.45, 2.75) is 42.9 Å². The van der Waals surface area contributed by atoms with E-state index in [1.165, 1.54) is 23.5 Å². The van der Waals surface area contributed by atoms with Crippen molar-refractivity contribution >= 4 is 42.4 Å². The SMILES string of the molecule is COc1cccc2sc(N(CC3CCCO3)C(=O)c3cccc(S(=O)(=O)C(C)C)c3)nc12. The van der Waals surface area contributed by atoms with Gasteiger partial charge in [-0.1, -0.05) is 23.5 Å². The summed E-state index contributed by atoms with van der Waals surface area (Å²) in [7, 11) is -1.91. The molecule has 170 valence electrons. The summed E-state index contributed by atoms with van der Waals surface area (Å²) in [6.07, 6.45) is 1.72. The van der Waals surface area contributed by atoms with E-state index >= 15 is 0 Å². The highest BCUT2D eigenvalue weighted by Crippen LogP contribution is 2.35. The van der Waals surface area contributed by atoms with Gasteiger partial charge in [-0.25, -0.2) is 13.4 Å². The predicted octanol–water partition coefficient (Wildman–Crippen LogP) is 4.31. The number of fused-ring (bicyclic) bond motifs is 1. The van der Waals surface area contributed by atoms with Gasteiger partial charge < -0.3 is 9.47 Å². The molecule has 1 fully saturated rings. The second-order valence-electron chi connectivity index (χ2n) is 7.98. The lowest BCUT2D eigenvalue weighted by atomic mass is 10.2. The van der Waals surface area contributed by atoms with Crippen LogP contribution in [0.2, 0.25) is 0 Å². The Hall–Kier alpha value is -2.49. The molecule has 0 radical (unpaired) electrons. The van der Waals surface area contributed by atoms with E-state index in [4.69, 9.17) is 14.5 Å². The Morgan fingerprint density at radius 3 is 2.75 bits per heavy atom. The molecule has 2 aromatic carbocycles. The third-order valence-electron chi connectivity index (χ3n) is 5.51. The molecule has 1 aliphatic heterocycles. The molecule has 1 saturated heterocycles. The Bertz CT molecular complexity index is 1230. The molecule has 1 aromatic heterocycles. The Labute approximate surface area is 191 Å². The zero-order chi connectivity index (χ0) is 22.9. The zero-order valence-corrected chi connectivity index (χ0v) is 19.9. The van der Waals surface area contributed by atoms with Crippen LogP contribution in [0.4, 0.5) is 5.13 Å². The van der Waals surface area contributed by atoms with Crippen LogP contribution < -0.4 is 9.64 Å². The summed E-state index contributed by atoms with van der Waals surface area (Å²) >= 11 is 1.40. The lowest BCUT2D eigenvalue weighted by Crippen LogP contribution is -2.37. The van der Waals surface area contributed by atoms with Crippen molar-refractivity contribution in [2.24, 2.45) is 0 Å². The highest BCUT2D eigenvalue weighted by Gasteiger charge is 2.28. The number of hydrogen-bond donors (Lipinski definition) is 0. The van der Waals surface area contributed by atoms with Gasteiger partial charge in [0.1, 0.15) is 11.3 Å². The van der Waals surface area contributed by atoms with Crippen molar-refractivity contribution in [3.05, 3.63) is 48.0 Å². The summed E-state index contributed by atoms with van der Waals surface area (Å²) in [5.74, 6) is 0.332. The number of para-hydroxylation sites is 1. The van der Waals surface area contributed by atoms with Gasteiger partial charge in [-0.3, -0.25) is 9.69 Å². The smallest absolute Gasteiger partial charge is 0.260 e. The highest BCUT2D eigenvalue weighted by molar-refractivity contribution is 7.92. The second-order valence-corrected chi connectivity index (χ2v) is 11.5. The quantitative estimate of drug-likeness (QED) is 0.507. The van der Waals surface area contributed by atoms with Crippen LogP contribution in [0.25, 0.3) is 10.2 Å². The Balaban J connectivity index is 1.75. The first-order valence-electron chi connectivity index (χ1n) is 10.5. The number of carbonyl (C=O) groups excluding carboxylic acids is 1. The van der Waals surface area contributed by atoms with Gasteiger partial charge >= 0.3 is 0 Å². The van der Waals surface area contributed by atoms with Crippen LogP contribution in [0.1, 0.15) is 37.0 Å². The standard InChI is InChI=1S/C23H26N2O5S2/c1-15(2)32(27,28)18-9-4-7-16(13-18)22(26)25(14-17-8-6-12-30-17)23-24-21-19(29-3)10-5-11-20(21)31-23/h4-5,7,9-11,13,15,17H,6,8,12,14H2,1-3H3. The zero-order valence-electron chi connectivity index (χ0n) is 18.3. The van der Waals surface area contributed by atoms with Gasteiger partial charge in [0, 0.05) is 12.2 Å². The van der Waals surface area contributed by atoms with Gasteiger partial charge in [-0.15, -0.1) is 0 Å². The molecule has 2 heterocycles. The third-order valence-corrected chi connectivity index (χ3v) is 8.70. The van der Waals surface area contributed by atoms with Crippen molar-refractivity contribution < 1.29 is 22.7 Å². The molecule has 0 spiro atoms. The van der Waals surface area contributed by atoms with Gasteiger partial charge in [0.15, 0.2) is 15.0 Å².